The Morgan fingerprint density at radius 3 is 2.41 bits per heavy atom. The number of ketones is 1. The number of benzene rings is 1. The first-order valence-electron chi connectivity index (χ1n) is 4.35. The number of ether oxygens (including phenoxy) is 1. The Bertz CT molecular complexity index is 444. The lowest BCUT2D eigenvalue weighted by Crippen LogP contribution is -2.15. The molecule has 1 aromatic carbocycles. The molecule has 17 heavy (non-hydrogen) atoms. The van der Waals surface area contributed by atoms with Crippen molar-refractivity contribution in [3.63, 3.8) is 0 Å². The van der Waals surface area contributed by atoms with Gasteiger partial charge in [0.2, 0.25) is 0 Å². The lowest BCUT2D eigenvalue weighted by molar-refractivity contribution is -0.137. The van der Waals surface area contributed by atoms with E-state index >= 15 is 0 Å². The molecule has 0 spiro atoms. The Morgan fingerprint density at radius 1 is 1.41 bits per heavy atom. The fraction of sp³-hybridized carbons (Fsp3) is 0.300. The molecule has 0 aliphatic rings. The summed E-state index contributed by atoms with van der Waals surface area (Å²) in [5.41, 5.74) is -1.78. The van der Waals surface area contributed by atoms with Crippen LogP contribution in [0.4, 0.5) is 13.2 Å². The lowest BCUT2D eigenvalue weighted by Gasteiger charge is -2.14. The largest absolute Gasteiger partial charge is 0.497 e. The maximum Gasteiger partial charge on any atom is 0.418 e. The van der Waals surface area contributed by atoms with Crippen LogP contribution < -0.4 is 4.74 Å². The van der Waals surface area contributed by atoms with Crippen molar-refractivity contribution >= 4 is 29.0 Å². The van der Waals surface area contributed by atoms with Crippen LogP contribution in [0.3, 0.4) is 0 Å². The van der Waals surface area contributed by atoms with Gasteiger partial charge in [-0.15, -0.1) is 11.6 Å². The molecule has 0 aliphatic heterocycles. The summed E-state index contributed by atoms with van der Waals surface area (Å²) >= 11 is 10.8. The second-order valence-corrected chi connectivity index (χ2v) is 3.76. The summed E-state index contributed by atoms with van der Waals surface area (Å²) in [4.78, 5) is 11.4. The number of halogens is 5. The zero-order valence-corrected chi connectivity index (χ0v) is 10.1. The summed E-state index contributed by atoms with van der Waals surface area (Å²) in [7, 11) is 1.26. The van der Waals surface area contributed by atoms with Crippen LogP contribution in [0.15, 0.2) is 12.1 Å². The van der Waals surface area contributed by atoms with Crippen molar-refractivity contribution in [1.29, 1.82) is 0 Å². The Hall–Kier alpha value is -0.940. The second-order valence-electron chi connectivity index (χ2n) is 3.09. The van der Waals surface area contributed by atoms with Gasteiger partial charge in [0.15, 0.2) is 5.78 Å². The molecule has 0 saturated heterocycles. The Kier molecular flexibility index (Phi) is 4.27. The van der Waals surface area contributed by atoms with Crippen LogP contribution in [0.1, 0.15) is 15.9 Å². The van der Waals surface area contributed by atoms with E-state index in [9.17, 15) is 18.0 Å². The third-order valence-corrected chi connectivity index (χ3v) is 2.55. The van der Waals surface area contributed by atoms with E-state index in [2.05, 4.69) is 0 Å². The molecule has 0 fully saturated rings. The zero-order valence-electron chi connectivity index (χ0n) is 8.57. The van der Waals surface area contributed by atoms with E-state index in [-0.39, 0.29) is 5.75 Å². The van der Waals surface area contributed by atoms with Crippen LogP contribution in [0.25, 0.3) is 0 Å². The van der Waals surface area contributed by atoms with E-state index in [1.165, 1.54) is 7.11 Å². The number of hydrogen-bond donors (Lipinski definition) is 0. The first-order chi connectivity index (χ1) is 7.81. The molecule has 0 aliphatic carbocycles. The number of carbonyl (C=O) groups excluding carboxylic acids is 1. The first kappa shape index (κ1) is 14.1. The summed E-state index contributed by atoms with van der Waals surface area (Å²) in [6.45, 7) is 0. The third kappa shape index (κ3) is 3.04. The first-order valence-corrected chi connectivity index (χ1v) is 5.26. The van der Waals surface area contributed by atoms with E-state index in [0.29, 0.717) is 0 Å². The van der Waals surface area contributed by atoms with Gasteiger partial charge in [-0.25, -0.2) is 0 Å². The number of Topliss-reactive ketones (excluding diaryl/α,β-unsaturated/α-hetero) is 1. The summed E-state index contributed by atoms with van der Waals surface area (Å²) in [6, 6.07) is 1.97. The van der Waals surface area contributed by atoms with Gasteiger partial charge in [-0.1, -0.05) is 11.6 Å². The summed E-state index contributed by atoms with van der Waals surface area (Å²) in [5, 5.41) is -0.592. The SMILES string of the molecule is COc1cc(Cl)c(C(F)(F)F)c(C(=O)CCl)c1. The van der Waals surface area contributed by atoms with E-state index in [1.807, 2.05) is 0 Å². The Balaban J connectivity index is 3.51. The minimum atomic E-state index is -4.72. The number of alkyl halides is 4. The molecule has 0 N–H and O–H groups in total. The summed E-state index contributed by atoms with van der Waals surface area (Å²) in [6.07, 6.45) is -4.72. The molecule has 1 aromatic rings. The molecule has 0 unspecified atom stereocenters. The van der Waals surface area contributed by atoms with Crippen LogP contribution in [-0.2, 0) is 6.18 Å². The second kappa shape index (κ2) is 5.14. The summed E-state index contributed by atoms with van der Waals surface area (Å²) in [5.74, 6) is -1.36. The number of hydrogen-bond acceptors (Lipinski definition) is 2. The van der Waals surface area contributed by atoms with Crippen molar-refractivity contribution in [2.24, 2.45) is 0 Å². The predicted octanol–water partition coefficient (Wildman–Crippen LogP) is 3.79. The van der Waals surface area contributed by atoms with E-state index < -0.39 is 34.0 Å². The molecule has 1 rings (SSSR count). The highest BCUT2D eigenvalue weighted by Crippen LogP contribution is 2.39. The normalized spacial score (nSPS) is 11.4. The van der Waals surface area contributed by atoms with Crippen LogP contribution in [0.2, 0.25) is 5.02 Å². The molecule has 0 saturated carbocycles. The highest BCUT2D eigenvalue weighted by Gasteiger charge is 2.38. The van der Waals surface area contributed by atoms with Gasteiger partial charge >= 0.3 is 6.18 Å². The average molecular weight is 287 g/mol. The number of methoxy groups -OCH3 is 1. The van der Waals surface area contributed by atoms with Crippen LogP contribution in [-0.4, -0.2) is 18.8 Å². The maximum absolute atomic E-state index is 12.7. The van der Waals surface area contributed by atoms with Crippen molar-refractivity contribution < 1.29 is 22.7 Å². The van der Waals surface area contributed by atoms with E-state index in [0.717, 1.165) is 12.1 Å². The highest BCUT2D eigenvalue weighted by atomic mass is 35.5. The standard InChI is InChI=1S/C10H7Cl2F3O2/c1-17-5-2-6(8(16)4-11)9(7(12)3-5)10(13,14)15/h2-3H,4H2,1H3. The Labute approximate surface area is 105 Å². The quantitative estimate of drug-likeness (QED) is 0.624. The van der Waals surface area contributed by atoms with Crippen molar-refractivity contribution in [3.8, 4) is 5.75 Å². The number of rotatable bonds is 3. The van der Waals surface area contributed by atoms with E-state index in [1.54, 1.807) is 0 Å². The van der Waals surface area contributed by atoms with Gasteiger partial charge in [0, 0.05) is 5.56 Å². The molecule has 7 heteroatoms. The van der Waals surface area contributed by atoms with Crippen molar-refractivity contribution in [3.05, 3.63) is 28.3 Å². The van der Waals surface area contributed by atoms with Gasteiger partial charge in [-0.3, -0.25) is 4.79 Å². The van der Waals surface area contributed by atoms with Gasteiger partial charge in [-0.05, 0) is 12.1 Å². The maximum atomic E-state index is 12.7. The molecule has 0 amide bonds. The smallest absolute Gasteiger partial charge is 0.418 e. The summed E-state index contributed by atoms with van der Waals surface area (Å²) < 4.78 is 42.9. The van der Waals surface area contributed by atoms with E-state index in [4.69, 9.17) is 27.9 Å². The van der Waals surface area contributed by atoms with Gasteiger partial charge in [0.05, 0.1) is 23.6 Å². The highest BCUT2D eigenvalue weighted by molar-refractivity contribution is 6.34. The van der Waals surface area contributed by atoms with Crippen LogP contribution in [0.5, 0.6) is 5.75 Å². The molecule has 94 valence electrons. The van der Waals surface area contributed by atoms with Gasteiger partial charge in [0.1, 0.15) is 5.75 Å². The molecule has 0 atom stereocenters. The average Bonchev–Trinajstić information content (AvgIpc) is 2.24. The fourth-order valence-corrected chi connectivity index (χ4v) is 1.74. The predicted molar refractivity (Wildman–Crippen MR) is 58.1 cm³/mol. The Morgan fingerprint density at radius 2 is 2.00 bits per heavy atom. The molecule has 2 nitrogen and oxygen atoms in total. The molecule has 0 aromatic heterocycles. The lowest BCUT2D eigenvalue weighted by atomic mass is 10.0. The van der Waals surface area contributed by atoms with Crippen LogP contribution >= 0.6 is 23.2 Å². The third-order valence-electron chi connectivity index (χ3n) is 2.00. The molecule has 0 bridgehead atoms. The van der Waals surface area contributed by atoms with Gasteiger partial charge in [0.25, 0.3) is 0 Å². The molecular formula is C10H7Cl2F3O2. The zero-order chi connectivity index (χ0) is 13.2. The molecular weight excluding hydrogens is 280 g/mol. The minimum Gasteiger partial charge on any atom is -0.497 e. The van der Waals surface area contributed by atoms with Gasteiger partial charge < -0.3 is 4.74 Å². The monoisotopic (exact) mass is 286 g/mol. The van der Waals surface area contributed by atoms with Gasteiger partial charge in [-0.2, -0.15) is 13.2 Å². The minimum absolute atomic E-state index is 0.0662. The van der Waals surface area contributed by atoms with Crippen molar-refractivity contribution in [2.75, 3.05) is 13.0 Å². The topological polar surface area (TPSA) is 26.3 Å². The number of carbonyl (C=O) groups is 1. The van der Waals surface area contributed by atoms with Crippen molar-refractivity contribution in [1.82, 2.24) is 0 Å². The fourth-order valence-electron chi connectivity index (χ4n) is 1.28. The molecule has 0 heterocycles. The van der Waals surface area contributed by atoms with Crippen LogP contribution in [0, 0.1) is 0 Å². The van der Waals surface area contributed by atoms with Crippen molar-refractivity contribution in [2.45, 2.75) is 6.18 Å². The molecule has 0 radical (unpaired) electrons.